The third kappa shape index (κ3) is 3.64. The molecule has 118 valence electrons. The lowest BCUT2D eigenvalue weighted by Crippen LogP contribution is -2.37. The molecule has 0 amide bonds. The maximum Gasteiger partial charge on any atom is 0.137 e. The van der Waals surface area contributed by atoms with Crippen LogP contribution in [0, 0.1) is 6.92 Å². The second kappa shape index (κ2) is 7.07. The van der Waals surface area contributed by atoms with Crippen molar-refractivity contribution in [1.82, 2.24) is 14.9 Å². The van der Waals surface area contributed by atoms with Crippen LogP contribution >= 0.6 is 0 Å². The molecule has 1 N–H and O–H groups in total. The summed E-state index contributed by atoms with van der Waals surface area (Å²) in [5, 5.41) is 3.20. The van der Waals surface area contributed by atoms with E-state index in [1.165, 1.54) is 19.4 Å². The fourth-order valence-electron chi connectivity index (χ4n) is 3.11. The molecule has 2 heterocycles. The van der Waals surface area contributed by atoms with Crippen molar-refractivity contribution in [2.45, 2.75) is 45.6 Å². The van der Waals surface area contributed by atoms with Gasteiger partial charge in [0.15, 0.2) is 0 Å². The number of nitrogens with zero attached hydrogens (tertiary/aromatic N) is 4. The molecule has 1 fully saturated rings. The quantitative estimate of drug-likeness (QED) is 0.871. The van der Waals surface area contributed by atoms with E-state index in [1.54, 1.807) is 0 Å². The molecule has 1 saturated heterocycles. The number of aryl methyl sites for hydroxylation is 1. The predicted molar refractivity (Wildman–Crippen MR) is 89.2 cm³/mol. The fraction of sp³-hybridized carbons (Fsp3) is 0.750. The number of hydrogen-bond acceptors (Lipinski definition) is 5. The van der Waals surface area contributed by atoms with E-state index in [0.717, 1.165) is 42.4 Å². The van der Waals surface area contributed by atoms with Crippen molar-refractivity contribution in [3.63, 3.8) is 0 Å². The zero-order chi connectivity index (χ0) is 15.4. The summed E-state index contributed by atoms with van der Waals surface area (Å²) in [4.78, 5) is 14.2. The highest BCUT2D eigenvalue weighted by Crippen LogP contribution is 2.25. The Morgan fingerprint density at radius 3 is 2.71 bits per heavy atom. The molecule has 1 aliphatic rings. The van der Waals surface area contributed by atoms with E-state index in [-0.39, 0.29) is 0 Å². The third-order valence-corrected chi connectivity index (χ3v) is 4.39. The maximum absolute atomic E-state index is 4.79. The Labute approximate surface area is 128 Å². The maximum atomic E-state index is 4.79. The van der Waals surface area contributed by atoms with Crippen LogP contribution in [0.25, 0.3) is 0 Å². The van der Waals surface area contributed by atoms with Crippen molar-refractivity contribution in [3.05, 3.63) is 11.4 Å². The van der Waals surface area contributed by atoms with Gasteiger partial charge in [-0.05, 0) is 39.8 Å². The van der Waals surface area contributed by atoms with E-state index in [2.05, 4.69) is 48.0 Å². The first-order valence-electron chi connectivity index (χ1n) is 8.03. The first-order valence-corrected chi connectivity index (χ1v) is 8.03. The van der Waals surface area contributed by atoms with Gasteiger partial charge in [0.25, 0.3) is 0 Å². The van der Waals surface area contributed by atoms with E-state index in [9.17, 15) is 0 Å². The molecule has 0 radical (unpaired) electrons. The van der Waals surface area contributed by atoms with Gasteiger partial charge in [0.1, 0.15) is 17.5 Å². The molecule has 0 bridgehead atoms. The van der Waals surface area contributed by atoms with Crippen molar-refractivity contribution < 1.29 is 0 Å². The average molecular weight is 291 g/mol. The summed E-state index contributed by atoms with van der Waals surface area (Å²) in [7, 11) is 6.30. The van der Waals surface area contributed by atoms with Gasteiger partial charge in [0.2, 0.25) is 0 Å². The molecular weight excluding hydrogens is 262 g/mol. The Kier molecular flexibility index (Phi) is 5.39. The van der Waals surface area contributed by atoms with Crippen LogP contribution < -0.4 is 10.2 Å². The summed E-state index contributed by atoms with van der Waals surface area (Å²) >= 11 is 0. The molecule has 1 aromatic heterocycles. The summed E-state index contributed by atoms with van der Waals surface area (Å²) in [6.07, 6.45) is 4.59. The van der Waals surface area contributed by atoms with Crippen LogP contribution in [0.15, 0.2) is 0 Å². The molecule has 0 aliphatic carbocycles. The molecule has 21 heavy (non-hydrogen) atoms. The normalized spacial score (nSPS) is 19.0. The van der Waals surface area contributed by atoms with Crippen molar-refractivity contribution in [3.8, 4) is 0 Å². The Balaban J connectivity index is 2.21. The average Bonchev–Trinajstić information content (AvgIpc) is 2.86. The van der Waals surface area contributed by atoms with Gasteiger partial charge in [-0.1, -0.05) is 6.92 Å². The lowest BCUT2D eigenvalue weighted by molar-refractivity contribution is 0.314. The van der Waals surface area contributed by atoms with Crippen molar-refractivity contribution >= 4 is 11.6 Å². The van der Waals surface area contributed by atoms with E-state index >= 15 is 0 Å². The molecule has 1 unspecified atom stereocenters. The van der Waals surface area contributed by atoms with Crippen LogP contribution in [0.2, 0.25) is 0 Å². The van der Waals surface area contributed by atoms with Crippen LogP contribution in [-0.2, 0) is 6.42 Å². The topological polar surface area (TPSA) is 44.3 Å². The predicted octanol–water partition coefficient (Wildman–Crippen LogP) is 2.31. The Morgan fingerprint density at radius 1 is 1.38 bits per heavy atom. The Hall–Kier alpha value is -1.36. The van der Waals surface area contributed by atoms with Crippen LogP contribution in [0.5, 0.6) is 0 Å². The number of hydrogen-bond donors (Lipinski definition) is 1. The Morgan fingerprint density at radius 2 is 2.14 bits per heavy atom. The molecule has 0 aromatic carbocycles. The molecule has 1 aliphatic heterocycles. The number of likely N-dealkylation sites (N-methyl/N-ethyl adjacent to an activating group) is 2. The molecule has 5 heteroatoms. The SMILES string of the molecule is CCCc1nc(NC)c(C)c(N(C)CC2CCCN2C)n1. The molecule has 0 saturated carbocycles. The van der Waals surface area contributed by atoms with E-state index in [0.29, 0.717) is 6.04 Å². The van der Waals surface area contributed by atoms with Gasteiger partial charge in [0.05, 0.1) is 0 Å². The lowest BCUT2D eigenvalue weighted by Gasteiger charge is -2.28. The summed E-state index contributed by atoms with van der Waals surface area (Å²) in [5.41, 5.74) is 1.14. The van der Waals surface area contributed by atoms with E-state index in [4.69, 9.17) is 4.98 Å². The van der Waals surface area contributed by atoms with Gasteiger partial charge in [-0.15, -0.1) is 0 Å². The van der Waals surface area contributed by atoms with Crippen molar-refractivity contribution in [2.24, 2.45) is 0 Å². The van der Waals surface area contributed by atoms with Crippen LogP contribution in [0.1, 0.15) is 37.6 Å². The van der Waals surface area contributed by atoms with E-state index < -0.39 is 0 Å². The minimum Gasteiger partial charge on any atom is -0.373 e. The molecule has 1 atom stereocenters. The second-order valence-electron chi connectivity index (χ2n) is 6.09. The molecule has 0 spiro atoms. The smallest absolute Gasteiger partial charge is 0.137 e. The van der Waals surface area contributed by atoms with Gasteiger partial charge >= 0.3 is 0 Å². The molecule has 1 aromatic rings. The zero-order valence-corrected chi connectivity index (χ0v) is 14.1. The van der Waals surface area contributed by atoms with Gasteiger partial charge in [0, 0.05) is 38.7 Å². The van der Waals surface area contributed by atoms with Crippen LogP contribution in [0.4, 0.5) is 11.6 Å². The number of nitrogens with one attached hydrogen (secondary N) is 1. The highest BCUT2D eigenvalue weighted by Gasteiger charge is 2.23. The molecule has 5 nitrogen and oxygen atoms in total. The van der Waals surface area contributed by atoms with Crippen LogP contribution in [-0.4, -0.2) is 55.1 Å². The van der Waals surface area contributed by atoms with Crippen molar-refractivity contribution in [1.29, 1.82) is 0 Å². The highest BCUT2D eigenvalue weighted by atomic mass is 15.2. The first-order chi connectivity index (χ1) is 10.1. The number of likely N-dealkylation sites (tertiary alicyclic amines) is 1. The summed E-state index contributed by atoms with van der Waals surface area (Å²) in [6, 6.07) is 0.636. The number of rotatable bonds is 6. The minimum atomic E-state index is 0.636. The molecular formula is C16H29N5. The standard InChI is InChI=1S/C16H29N5/c1-6-8-14-18-15(17-3)12(2)16(19-14)21(5)11-13-9-7-10-20(13)4/h13H,6-11H2,1-5H3,(H,17,18,19). The monoisotopic (exact) mass is 291 g/mol. The fourth-order valence-corrected chi connectivity index (χ4v) is 3.11. The highest BCUT2D eigenvalue weighted by molar-refractivity contribution is 5.58. The number of anilines is 2. The van der Waals surface area contributed by atoms with Crippen LogP contribution in [0.3, 0.4) is 0 Å². The first kappa shape index (κ1) is 16.0. The Bertz CT molecular complexity index is 474. The van der Waals surface area contributed by atoms with Gasteiger partial charge in [-0.2, -0.15) is 0 Å². The van der Waals surface area contributed by atoms with Crippen molar-refractivity contribution in [2.75, 3.05) is 44.4 Å². The van der Waals surface area contributed by atoms with E-state index in [1.807, 2.05) is 7.05 Å². The number of aromatic nitrogens is 2. The van der Waals surface area contributed by atoms with Gasteiger partial charge < -0.3 is 15.1 Å². The minimum absolute atomic E-state index is 0.636. The molecule has 2 rings (SSSR count). The largest absolute Gasteiger partial charge is 0.373 e. The lowest BCUT2D eigenvalue weighted by atomic mass is 10.2. The second-order valence-corrected chi connectivity index (χ2v) is 6.09. The third-order valence-electron chi connectivity index (χ3n) is 4.39. The van der Waals surface area contributed by atoms with Gasteiger partial charge in [-0.3, -0.25) is 0 Å². The summed E-state index contributed by atoms with van der Waals surface area (Å²) in [6.45, 7) is 6.51. The summed E-state index contributed by atoms with van der Waals surface area (Å²) < 4.78 is 0. The van der Waals surface area contributed by atoms with Gasteiger partial charge in [-0.25, -0.2) is 9.97 Å². The summed E-state index contributed by atoms with van der Waals surface area (Å²) in [5.74, 6) is 2.96. The zero-order valence-electron chi connectivity index (χ0n) is 14.1.